The van der Waals surface area contributed by atoms with Gasteiger partial charge in [0.25, 0.3) is 15.4 Å². The van der Waals surface area contributed by atoms with Gasteiger partial charge in [0, 0.05) is 0 Å². The van der Waals surface area contributed by atoms with Gasteiger partial charge in [0.05, 0.1) is 20.5 Å². The van der Waals surface area contributed by atoms with Crippen molar-refractivity contribution >= 4 is 50.2 Å². The van der Waals surface area contributed by atoms with E-state index in [0.717, 1.165) is 6.07 Å². The van der Waals surface area contributed by atoms with Crippen LogP contribution in [0.5, 0.6) is 0 Å². The molecule has 0 aromatic heterocycles. The molecule has 0 amide bonds. The minimum absolute atomic E-state index is 0.0517. The quantitative estimate of drug-likeness (QED) is 0.673. The molecule has 0 unspecified atom stereocenters. The number of hydrogen-bond acceptors (Lipinski definition) is 3. The van der Waals surface area contributed by atoms with Gasteiger partial charge in [-0.15, -0.1) is 0 Å². The molecule has 1 rings (SSSR count). The summed E-state index contributed by atoms with van der Waals surface area (Å²) < 4.78 is 30.9. The highest BCUT2D eigenvalue weighted by Gasteiger charge is 2.22. The van der Waals surface area contributed by atoms with Crippen LogP contribution in [0, 0.1) is 6.92 Å². The first kappa shape index (κ1) is 13.7. The molecule has 16 heavy (non-hydrogen) atoms. The summed E-state index contributed by atoms with van der Waals surface area (Å²) in [6.45, 7) is 1.35. The van der Waals surface area contributed by atoms with Crippen molar-refractivity contribution in [3.8, 4) is 0 Å². The fraction of sp³-hybridized carbons (Fsp3) is 0.125. The number of hydrogen-bond donors (Lipinski definition) is 1. The van der Waals surface area contributed by atoms with Gasteiger partial charge in [0.15, 0.2) is 0 Å². The summed E-state index contributed by atoms with van der Waals surface area (Å²) in [5.74, 6) is 0. The summed E-state index contributed by atoms with van der Waals surface area (Å²) in [7, 11) is -4.48. The van der Waals surface area contributed by atoms with E-state index in [1.807, 2.05) is 0 Å². The van der Waals surface area contributed by atoms with Crippen molar-refractivity contribution in [1.82, 2.24) is 0 Å². The summed E-state index contributed by atoms with van der Waals surface area (Å²) in [4.78, 5) is 10.5. The SMILES string of the molecule is Cc1c(S(=O)(=O)O)cc(C(=O)Cl)c(Cl)c1Cl. The zero-order chi connectivity index (χ0) is 12.7. The average Bonchev–Trinajstić information content (AvgIpc) is 2.11. The molecule has 0 aliphatic carbocycles. The topological polar surface area (TPSA) is 71.4 Å². The van der Waals surface area contributed by atoms with E-state index in [1.54, 1.807) is 0 Å². The third kappa shape index (κ3) is 2.49. The van der Waals surface area contributed by atoms with E-state index in [2.05, 4.69) is 0 Å². The maximum absolute atomic E-state index is 11.0. The van der Waals surface area contributed by atoms with Crippen LogP contribution >= 0.6 is 34.8 Å². The average molecular weight is 304 g/mol. The summed E-state index contributed by atoms with van der Waals surface area (Å²) in [5, 5.41) is -1.25. The molecular formula is C8H5Cl3O4S. The largest absolute Gasteiger partial charge is 0.294 e. The van der Waals surface area contributed by atoms with Gasteiger partial charge in [-0.05, 0) is 30.2 Å². The molecule has 0 heterocycles. The smallest absolute Gasteiger partial charge is 0.282 e. The molecule has 1 aromatic rings. The summed E-state index contributed by atoms with van der Waals surface area (Å²) in [5.41, 5.74) is -0.220. The minimum atomic E-state index is -4.48. The fourth-order valence-electron chi connectivity index (χ4n) is 1.10. The molecule has 0 aliphatic rings. The summed E-state index contributed by atoms with van der Waals surface area (Å²) in [6.07, 6.45) is 0. The molecule has 8 heteroatoms. The van der Waals surface area contributed by atoms with Crippen molar-refractivity contribution < 1.29 is 17.8 Å². The van der Waals surface area contributed by atoms with Crippen molar-refractivity contribution in [3.63, 3.8) is 0 Å². The first-order chi connectivity index (χ1) is 7.16. The Hall–Kier alpha value is -0.330. The molecule has 0 saturated carbocycles. The zero-order valence-corrected chi connectivity index (χ0v) is 10.9. The van der Waals surface area contributed by atoms with E-state index in [0.29, 0.717) is 0 Å². The Morgan fingerprint density at radius 3 is 2.19 bits per heavy atom. The number of rotatable bonds is 2. The van der Waals surface area contributed by atoms with Crippen molar-refractivity contribution in [2.75, 3.05) is 0 Å². The lowest BCUT2D eigenvalue weighted by atomic mass is 10.1. The normalized spacial score (nSPS) is 11.6. The molecule has 88 valence electrons. The fourth-order valence-corrected chi connectivity index (χ4v) is 2.60. The van der Waals surface area contributed by atoms with Crippen LogP contribution in [-0.4, -0.2) is 18.2 Å². The molecule has 0 radical (unpaired) electrons. The second-order valence-corrected chi connectivity index (χ2v) is 5.41. The van der Waals surface area contributed by atoms with Gasteiger partial charge in [-0.25, -0.2) is 0 Å². The van der Waals surface area contributed by atoms with Crippen LogP contribution in [0.2, 0.25) is 10.0 Å². The maximum atomic E-state index is 11.0. The highest BCUT2D eigenvalue weighted by molar-refractivity contribution is 7.85. The number of benzene rings is 1. The molecule has 0 atom stereocenters. The van der Waals surface area contributed by atoms with Gasteiger partial charge in [0.1, 0.15) is 0 Å². The monoisotopic (exact) mass is 302 g/mol. The van der Waals surface area contributed by atoms with Crippen molar-refractivity contribution in [2.45, 2.75) is 11.8 Å². The molecule has 1 N–H and O–H groups in total. The van der Waals surface area contributed by atoms with Crippen LogP contribution in [0.25, 0.3) is 0 Å². The van der Waals surface area contributed by atoms with Crippen LogP contribution in [0.15, 0.2) is 11.0 Å². The molecule has 4 nitrogen and oxygen atoms in total. The van der Waals surface area contributed by atoms with Gasteiger partial charge in [0.2, 0.25) is 0 Å². The lowest BCUT2D eigenvalue weighted by Gasteiger charge is -2.09. The van der Waals surface area contributed by atoms with E-state index >= 15 is 0 Å². The molecule has 1 aromatic carbocycles. The van der Waals surface area contributed by atoms with Crippen LogP contribution in [0.3, 0.4) is 0 Å². The van der Waals surface area contributed by atoms with E-state index in [-0.39, 0.29) is 21.2 Å². The van der Waals surface area contributed by atoms with Crippen LogP contribution in [0.4, 0.5) is 0 Å². The second kappa shape index (κ2) is 4.50. The molecule has 0 spiro atoms. The van der Waals surface area contributed by atoms with Crippen LogP contribution in [0.1, 0.15) is 15.9 Å². The summed E-state index contributed by atoms with van der Waals surface area (Å²) >= 11 is 16.6. The van der Waals surface area contributed by atoms with Crippen molar-refractivity contribution in [3.05, 3.63) is 27.2 Å². The number of halogens is 3. The molecule has 0 saturated heterocycles. The first-order valence-electron chi connectivity index (χ1n) is 3.82. The standard InChI is InChI=1S/C8H5Cl3O4S/c1-3-5(16(13,14)15)2-4(8(11)12)7(10)6(3)9/h2H,1H3,(H,13,14,15). The third-order valence-electron chi connectivity index (χ3n) is 1.89. The van der Waals surface area contributed by atoms with Gasteiger partial charge < -0.3 is 0 Å². The Kier molecular flexibility index (Phi) is 3.87. The predicted octanol–water partition coefficient (Wildman–Crippen LogP) is 2.93. The molecule has 0 fully saturated rings. The molecule has 0 bridgehead atoms. The van der Waals surface area contributed by atoms with Crippen LogP contribution in [-0.2, 0) is 10.1 Å². The Balaban J connectivity index is 3.74. The molecular weight excluding hydrogens is 299 g/mol. The number of carbonyl (C=O) groups is 1. The lowest BCUT2D eigenvalue weighted by molar-refractivity contribution is 0.108. The van der Waals surface area contributed by atoms with E-state index < -0.39 is 20.3 Å². The van der Waals surface area contributed by atoms with Gasteiger partial charge >= 0.3 is 0 Å². The first-order valence-corrected chi connectivity index (χ1v) is 6.39. The minimum Gasteiger partial charge on any atom is -0.282 e. The van der Waals surface area contributed by atoms with Crippen molar-refractivity contribution in [2.24, 2.45) is 0 Å². The van der Waals surface area contributed by atoms with E-state index in [1.165, 1.54) is 6.92 Å². The van der Waals surface area contributed by atoms with Gasteiger partial charge in [-0.1, -0.05) is 23.2 Å². The van der Waals surface area contributed by atoms with Crippen LogP contribution < -0.4 is 0 Å². The Labute approximate surface area is 107 Å². The second-order valence-electron chi connectivity index (χ2n) is 2.92. The highest BCUT2D eigenvalue weighted by Crippen LogP contribution is 2.34. The Morgan fingerprint density at radius 2 is 1.81 bits per heavy atom. The number of carbonyl (C=O) groups excluding carboxylic acids is 1. The highest BCUT2D eigenvalue weighted by atomic mass is 35.5. The zero-order valence-electron chi connectivity index (χ0n) is 7.79. The Morgan fingerprint density at radius 1 is 1.31 bits per heavy atom. The van der Waals surface area contributed by atoms with Gasteiger partial charge in [-0.3, -0.25) is 9.35 Å². The maximum Gasteiger partial charge on any atom is 0.294 e. The predicted molar refractivity (Wildman–Crippen MR) is 61.2 cm³/mol. The van der Waals surface area contributed by atoms with Gasteiger partial charge in [-0.2, -0.15) is 8.42 Å². The van der Waals surface area contributed by atoms with E-state index in [9.17, 15) is 13.2 Å². The third-order valence-corrected chi connectivity index (χ3v) is 4.04. The van der Waals surface area contributed by atoms with E-state index in [4.69, 9.17) is 39.4 Å². The van der Waals surface area contributed by atoms with Crippen molar-refractivity contribution in [1.29, 1.82) is 0 Å². The summed E-state index contributed by atoms with van der Waals surface area (Å²) in [6, 6.07) is 0.883. The Bertz CT molecular complexity index is 565. The molecule has 0 aliphatic heterocycles. The lowest BCUT2D eigenvalue weighted by Crippen LogP contribution is -2.05.